The van der Waals surface area contributed by atoms with E-state index in [9.17, 15) is 4.79 Å². The maximum absolute atomic E-state index is 12.8. The van der Waals surface area contributed by atoms with Gasteiger partial charge in [0.25, 0.3) is 0 Å². The van der Waals surface area contributed by atoms with Crippen LogP contribution >= 0.6 is 0 Å². The molecule has 1 atom stereocenters. The first-order chi connectivity index (χ1) is 13.0. The maximum Gasteiger partial charge on any atom is 0.329 e. The normalized spacial score (nSPS) is 16.4. The van der Waals surface area contributed by atoms with E-state index < -0.39 is 0 Å². The first-order valence-corrected chi connectivity index (χ1v) is 8.65. The predicted molar refractivity (Wildman–Crippen MR) is 105 cm³/mol. The summed E-state index contributed by atoms with van der Waals surface area (Å²) in [6, 6.07) is 1.68. The Kier molecular flexibility index (Phi) is 3.91. The molecule has 0 saturated heterocycles. The SMILES string of the molecule is CN/C=C(\C=N)c1c(OC)cc2ncc3c4c2c1OC[C@H](C)n4c(=O)n3C. The number of allylic oxidation sites excluding steroid dienone is 1. The third-order valence-corrected chi connectivity index (χ3v) is 5.00. The Morgan fingerprint density at radius 1 is 1.52 bits per heavy atom. The van der Waals surface area contributed by atoms with Crippen LogP contribution in [-0.2, 0) is 7.05 Å². The first-order valence-electron chi connectivity index (χ1n) is 8.65. The van der Waals surface area contributed by atoms with E-state index in [1.165, 1.54) is 6.21 Å². The summed E-state index contributed by atoms with van der Waals surface area (Å²) in [5, 5.41) is 11.6. The molecule has 2 aromatic heterocycles. The molecule has 2 N–H and O–H groups in total. The highest BCUT2D eigenvalue weighted by Gasteiger charge is 2.28. The highest BCUT2D eigenvalue weighted by molar-refractivity contribution is 6.16. The van der Waals surface area contributed by atoms with Crippen LogP contribution in [0.2, 0.25) is 0 Å². The van der Waals surface area contributed by atoms with E-state index in [-0.39, 0.29) is 11.7 Å². The molecule has 0 fully saturated rings. The molecule has 1 aliphatic heterocycles. The fraction of sp³-hybridized carbons (Fsp3) is 0.316. The van der Waals surface area contributed by atoms with Gasteiger partial charge in [-0.05, 0) is 6.92 Å². The predicted octanol–water partition coefficient (Wildman–Crippen LogP) is 2.06. The summed E-state index contributed by atoms with van der Waals surface area (Å²) in [7, 11) is 5.10. The van der Waals surface area contributed by atoms with Gasteiger partial charge in [-0.3, -0.25) is 14.1 Å². The van der Waals surface area contributed by atoms with E-state index in [0.29, 0.717) is 34.8 Å². The van der Waals surface area contributed by atoms with Gasteiger partial charge in [0, 0.05) is 38.1 Å². The molecule has 0 saturated carbocycles. The van der Waals surface area contributed by atoms with Crippen molar-refractivity contribution in [2.24, 2.45) is 7.05 Å². The second-order valence-corrected chi connectivity index (χ2v) is 6.57. The lowest BCUT2D eigenvalue weighted by Gasteiger charge is -2.17. The minimum atomic E-state index is -0.144. The largest absolute Gasteiger partial charge is 0.496 e. The molecule has 3 heterocycles. The van der Waals surface area contributed by atoms with E-state index in [1.54, 1.807) is 42.7 Å². The quantitative estimate of drug-likeness (QED) is 0.689. The van der Waals surface area contributed by atoms with Crippen LogP contribution in [0.4, 0.5) is 0 Å². The van der Waals surface area contributed by atoms with Crippen LogP contribution in [0.5, 0.6) is 11.5 Å². The van der Waals surface area contributed by atoms with Crippen LogP contribution in [0.15, 0.2) is 23.3 Å². The average molecular weight is 367 g/mol. The minimum Gasteiger partial charge on any atom is -0.496 e. The highest BCUT2D eigenvalue weighted by Crippen LogP contribution is 2.44. The summed E-state index contributed by atoms with van der Waals surface area (Å²) >= 11 is 0. The average Bonchev–Trinajstić information content (AvgIpc) is 2.83. The Balaban J connectivity index is 2.27. The van der Waals surface area contributed by atoms with Crippen molar-refractivity contribution in [1.29, 1.82) is 5.41 Å². The minimum absolute atomic E-state index is 0.0985. The van der Waals surface area contributed by atoms with Crippen LogP contribution in [0.25, 0.3) is 27.5 Å². The third kappa shape index (κ3) is 2.26. The van der Waals surface area contributed by atoms with Crippen LogP contribution in [0.1, 0.15) is 18.5 Å². The molecule has 0 bridgehead atoms. The molecule has 140 valence electrons. The van der Waals surface area contributed by atoms with Gasteiger partial charge >= 0.3 is 5.69 Å². The molecule has 0 spiro atoms. The number of rotatable bonds is 4. The molecule has 8 heteroatoms. The van der Waals surface area contributed by atoms with Crippen molar-refractivity contribution in [3.63, 3.8) is 0 Å². The van der Waals surface area contributed by atoms with Crippen molar-refractivity contribution in [2.75, 3.05) is 20.8 Å². The zero-order valence-electron chi connectivity index (χ0n) is 15.7. The van der Waals surface area contributed by atoms with Crippen molar-refractivity contribution < 1.29 is 9.47 Å². The number of methoxy groups -OCH3 is 1. The number of hydrogen-bond donors (Lipinski definition) is 2. The van der Waals surface area contributed by atoms with Gasteiger partial charge in [-0.2, -0.15) is 0 Å². The van der Waals surface area contributed by atoms with E-state index in [0.717, 1.165) is 16.4 Å². The number of aromatic nitrogens is 3. The molecule has 0 amide bonds. The number of aryl methyl sites for hydroxylation is 1. The Labute approximate surface area is 155 Å². The lowest BCUT2D eigenvalue weighted by atomic mass is 10.0. The lowest BCUT2D eigenvalue weighted by Crippen LogP contribution is -2.27. The van der Waals surface area contributed by atoms with Gasteiger partial charge in [0.15, 0.2) is 0 Å². The van der Waals surface area contributed by atoms with Crippen molar-refractivity contribution >= 4 is 33.7 Å². The number of imidazole rings is 1. The highest BCUT2D eigenvalue weighted by atomic mass is 16.5. The summed E-state index contributed by atoms with van der Waals surface area (Å²) < 4.78 is 15.1. The number of ether oxygens (including phenoxy) is 2. The molecular formula is C19H21N5O3. The topological polar surface area (TPSA) is 94.2 Å². The molecule has 0 unspecified atom stereocenters. The Hall–Kier alpha value is -3.29. The molecule has 27 heavy (non-hydrogen) atoms. The number of nitrogens with one attached hydrogen (secondary N) is 2. The van der Waals surface area contributed by atoms with Crippen molar-refractivity contribution in [1.82, 2.24) is 19.4 Å². The molecule has 0 aliphatic carbocycles. The zero-order chi connectivity index (χ0) is 19.3. The zero-order valence-corrected chi connectivity index (χ0v) is 15.7. The maximum atomic E-state index is 12.8. The van der Waals surface area contributed by atoms with Gasteiger partial charge in [-0.15, -0.1) is 0 Å². The molecule has 0 radical (unpaired) electrons. The van der Waals surface area contributed by atoms with Crippen LogP contribution < -0.4 is 20.5 Å². The molecule has 4 rings (SSSR count). The molecule has 1 aromatic carbocycles. The number of benzene rings is 1. The summed E-state index contributed by atoms with van der Waals surface area (Å²) in [5.41, 5.74) is 3.41. The smallest absolute Gasteiger partial charge is 0.329 e. The van der Waals surface area contributed by atoms with Crippen molar-refractivity contribution in [3.05, 3.63) is 34.5 Å². The molecular weight excluding hydrogens is 346 g/mol. The van der Waals surface area contributed by atoms with Gasteiger partial charge in [0.05, 0.1) is 46.8 Å². The van der Waals surface area contributed by atoms with Crippen molar-refractivity contribution in [3.8, 4) is 11.5 Å². The molecule has 8 nitrogen and oxygen atoms in total. The van der Waals surface area contributed by atoms with Gasteiger partial charge in [-0.1, -0.05) is 0 Å². The summed E-state index contributed by atoms with van der Waals surface area (Å²) in [6.45, 7) is 2.28. The Morgan fingerprint density at radius 2 is 2.30 bits per heavy atom. The van der Waals surface area contributed by atoms with Gasteiger partial charge in [-0.25, -0.2) is 4.79 Å². The van der Waals surface area contributed by atoms with Crippen LogP contribution in [-0.4, -0.2) is 41.1 Å². The van der Waals surface area contributed by atoms with E-state index in [2.05, 4.69) is 10.3 Å². The van der Waals surface area contributed by atoms with E-state index >= 15 is 0 Å². The molecule has 3 aromatic rings. The second kappa shape index (κ2) is 6.15. The monoisotopic (exact) mass is 367 g/mol. The fourth-order valence-electron chi connectivity index (χ4n) is 3.73. The standard InChI is InChI=1S/C19H21N5O3/c1-10-9-27-18-15(11(6-20)7-21-2)14(26-4)5-12-16(18)17-13(8-22-12)23(3)19(25)24(10)17/h5-8,10,20-21H,9H2,1-4H3/b11-7+,20-6?/t10-/m0/s1. The lowest BCUT2D eigenvalue weighted by molar-refractivity contribution is 0.265. The number of pyridine rings is 1. The van der Waals surface area contributed by atoms with E-state index in [4.69, 9.17) is 14.9 Å². The van der Waals surface area contributed by atoms with Crippen LogP contribution in [0, 0.1) is 5.41 Å². The number of hydrogen-bond acceptors (Lipinski definition) is 6. The first kappa shape index (κ1) is 17.1. The number of nitrogens with zero attached hydrogens (tertiary/aromatic N) is 3. The van der Waals surface area contributed by atoms with Gasteiger partial charge in [0.2, 0.25) is 0 Å². The Morgan fingerprint density at radius 3 is 2.96 bits per heavy atom. The van der Waals surface area contributed by atoms with Gasteiger partial charge in [0.1, 0.15) is 18.1 Å². The van der Waals surface area contributed by atoms with Crippen molar-refractivity contribution in [2.45, 2.75) is 13.0 Å². The van der Waals surface area contributed by atoms with Gasteiger partial charge < -0.3 is 20.2 Å². The summed E-state index contributed by atoms with van der Waals surface area (Å²) in [4.78, 5) is 17.4. The fourth-order valence-corrected chi connectivity index (χ4v) is 3.73. The summed E-state index contributed by atoms with van der Waals surface area (Å²) in [5.74, 6) is 1.14. The second-order valence-electron chi connectivity index (χ2n) is 6.57. The third-order valence-electron chi connectivity index (χ3n) is 5.00. The van der Waals surface area contributed by atoms with E-state index in [1.807, 2.05) is 13.0 Å². The Bertz CT molecular complexity index is 1170. The summed E-state index contributed by atoms with van der Waals surface area (Å²) in [6.07, 6.45) is 4.67. The molecule has 1 aliphatic rings. The van der Waals surface area contributed by atoms with Crippen LogP contribution in [0.3, 0.4) is 0 Å².